The maximum absolute atomic E-state index is 8.61. The second-order valence-corrected chi connectivity index (χ2v) is 3.14. The Kier molecular flexibility index (Phi) is 1.85. The Bertz CT molecular complexity index is 174. The van der Waals surface area contributed by atoms with E-state index in [1.165, 1.54) is 0 Å². The van der Waals surface area contributed by atoms with Crippen LogP contribution in [0, 0.1) is 3.57 Å². The van der Waals surface area contributed by atoms with Crippen LogP contribution in [-0.2, 0) is 7.05 Å². The Hall–Kier alpha value is -0.100. The number of rotatable bonds is 1. The van der Waals surface area contributed by atoms with Gasteiger partial charge in [-0.1, -0.05) is 0 Å². The van der Waals surface area contributed by atoms with E-state index in [-0.39, 0.29) is 0 Å². The van der Waals surface area contributed by atoms with Gasteiger partial charge in [-0.2, -0.15) is 0 Å². The SMILES string of the molecule is Cn1cc([I-]O)cn1. The standard InChI is InChI=1S/C4H6IN2O/c1-7-3-4(5-8)2-6-7/h2-3,8H,1H3/q-1. The van der Waals surface area contributed by atoms with Gasteiger partial charge >= 0.3 is 57.8 Å². The fourth-order valence-corrected chi connectivity index (χ4v) is 1.21. The molecule has 0 aromatic carbocycles. The molecule has 8 heavy (non-hydrogen) atoms. The van der Waals surface area contributed by atoms with E-state index in [0.717, 1.165) is 3.57 Å². The summed E-state index contributed by atoms with van der Waals surface area (Å²) in [5.74, 6) is 0. The average Bonchev–Trinajstić information content (AvgIpc) is 2.14. The van der Waals surface area contributed by atoms with Crippen LogP contribution in [-0.4, -0.2) is 13.2 Å². The first-order valence-corrected chi connectivity index (χ1v) is 4.14. The van der Waals surface area contributed by atoms with Crippen LogP contribution in [0.3, 0.4) is 0 Å². The first-order chi connectivity index (χ1) is 3.83. The molecule has 1 aromatic rings. The molecule has 0 saturated heterocycles. The van der Waals surface area contributed by atoms with Crippen LogP contribution in [0.25, 0.3) is 0 Å². The Labute approximate surface area is 58.1 Å². The molecular weight excluding hydrogens is 219 g/mol. The predicted octanol–water partition coefficient (Wildman–Crippen LogP) is -3.41. The van der Waals surface area contributed by atoms with Crippen molar-refractivity contribution in [2.24, 2.45) is 7.05 Å². The van der Waals surface area contributed by atoms with Gasteiger partial charge in [-0.15, -0.1) is 0 Å². The third-order valence-electron chi connectivity index (χ3n) is 0.771. The number of halogens is 1. The molecule has 0 bridgehead atoms. The molecule has 46 valence electrons. The van der Waals surface area contributed by atoms with Gasteiger partial charge in [0.1, 0.15) is 0 Å². The third kappa shape index (κ3) is 1.19. The first-order valence-electron chi connectivity index (χ1n) is 2.10. The molecule has 4 heteroatoms. The van der Waals surface area contributed by atoms with Crippen molar-refractivity contribution in [1.29, 1.82) is 0 Å². The van der Waals surface area contributed by atoms with E-state index < -0.39 is 21.6 Å². The average molecular weight is 225 g/mol. The van der Waals surface area contributed by atoms with Crippen LogP contribution in [0.4, 0.5) is 0 Å². The quantitative estimate of drug-likeness (QED) is 0.505. The number of nitrogens with zero attached hydrogens (tertiary/aromatic N) is 2. The molecule has 3 nitrogen and oxygen atoms in total. The topological polar surface area (TPSA) is 38.0 Å². The maximum atomic E-state index is 8.61. The van der Waals surface area contributed by atoms with Crippen LogP contribution >= 0.6 is 0 Å². The summed E-state index contributed by atoms with van der Waals surface area (Å²) in [6, 6.07) is 0. The Morgan fingerprint density at radius 2 is 2.62 bits per heavy atom. The Balaban J connectivity index is 2.84. The summed E-state index contributed by atoms with van der Waals surface area (Å²) < 4.78 is 11.3. The van der Waals surface area contributed by atoms with E-state index >= 15 is 0 Å². The monoisotopic (exact) mass is 225 g/mol. The summed E-state index contributed by atoms with van der Waals surface area (Å²) in [5, 5.41) is 3.87. The van der Waals surface area contributed by atoms with Crippen molar-refractivity contribution < 1.29 is 25.1 Å². The molecular formula is C4H6IN2O-. The van der Waals surface area contributed by atoms with Gasteiger partial charge in [0.05, 0.1) is 0 Å². The normalized spacial score (nSPS) is 10.2. The molecule has 0 atom stereocenters. The molecule has 0 saturated carbocycles. The third-order valence-corrected chi connectivity index (χ3v) is 1.89. The Morgan fingerprint density at radius 3 is 2.88 bits per heavy atom. The van der Waals surface area contributed by atoms with Gasteiger partial charge in [0.2, 0.25) is 0 Å². The van der Waals surface area contributed by atoms with Crippen molar-refractivity contribution >= 4 is 0 Å². The van der Waals surface area contributed by atoms with Crippen molar-refractivity contribution in [1.82, 2.24) is 9.78 Å². The fraction of sp³-hybridized carbons (Fsp3) is 0.250. The predicted molar refractivity (Wildman–Crippen MR) is 24.1 cm³/mol. The van der Waals surface area contributed by atoms with Crippen molar-refractivity contribution in [3.8, 4) is 0 Å². The van der Waals surface area contributed by atoms with Crippen LogP contribution in [0.5, 0.6) is 0 Å². The van der Waals surface area contributed by atoms with Crippen molar-refractivity contribution in [3.63, 3.8) is 0 Å². The summed E-state index contributed by atoms with van der Waals surface area (Å²) in [5.41, 5.74) is 0. The zero-order valence-corrected chi connectivity index (χ0v) is 6.53. The van der Waals surface area contributed by atoms with E-state index in [2.05, 4.69) is 5.10 Å². The van der Waals surface area contributed by atoms with Gasteiger partial charge in [0.15, 0.2) is 0 Å². The van der Waals surface area contributed by atoms with E-state index in [1.54, 1.807) is 10.9 Å². The van der Waals surface area contributed by atoms with Crippen molar-refractivity contribution in [3.05, 3.63) is 16.0 Å². The van der Waals surface area contributed by atoms with Crippen LogP contribution in [0.1, 0.15) is 0 Å². The van der Waals surface area contributed by atoms with Crippen LogP contribution in [0.15, 0.2) is 12.4 Å². The number of hydrogen-bond donors (Lipinski definition) is 1. The molecule has 1 heterocycles. The van der Waals surface area contributed by atoms with Gasteiger partial charge in [-0.25, -0.2) is 0 Å². The molecule has 1 N–H and O–H groups in total. The first kappa shape index (κ1) is 6.03. The minimum atomic E-state index is -0.753. The molecule has 0 fully saturated rings. The summed E-state index contributed by atoms with van der Waals surface area (Å²) in [6.45, 7) is 0. The van der Waals surface area contributed by atoms with Gasteiger partial charge in [0.25, 0.3) is 0 Å². The van der Waals surface area contributed by atoms with Gasteiger partial charge in [-0.3, -0.25) is 0 Å². The van der Waals surface area contributed by atoms with Crippen LogP contribution in [0.2, 0.25) is 0 Å². The van der Waals surface area contributed by atoms with E-state index in [1.807, 2.05) is 13.2 Å². The fourth-order valence-electron chi connectivity index (χ4n) is 0.435. The molecule has 0 amide bonds. The summed E-state index contributed by atoms with van der Waals surface area (Å²) in [7, 11) is 1.84. The molecule has 0 unspecified atom stereocenters. The Morgan fingerprint density at radius 1 is 1.88 bits per heavy atom. The molecule has 0 radical (unpaired) electrons. The summed E-state index contributed by atoms with van der Waals surface area (Å²) in [6.07, 6.45) is 3.51. The van der Waals surface area contributed by atoms with E-state index in [4.69, 9.17) is 3.44 Å². The summed E-state index contributed by atoms with van der Waals surface area (Å²) >= 11 is -0.753. The van der Waals surface area contributed by atoms with Gasteiger partial charge < -0.3 is 0 Å². The molecule has 0 aliphatic carbocycles. The van der Waals surface area contributed by atoms with Gasteiger partial charge in [0, 0.05) is 0 Å². The second kappa shape index (κ2) is 2.45. The van der Waals surface area contributed by atoms with Gasteiger partial charge in [-0.05, 0) is 0 Å². The van der Waals surface area contributed by atoms with Crippen LogP contribution < -0.4 is 21.6 Å². The minimum absolute atomic E-state index is 0.753. The zero-order valence-electron chi connectivity index (χ0n) is 4.37. The number of hydrogen-bond acceptors (Lipinski definition) is 2. The van der Waals surface area contributed by atoms with Crippen molar-refractivity contribution in [2.45, 2.75) is 0 Å². The number of aromatic nitrogens is 2. The number of aryl methyl sites for hydroxylation is 1. The molecule has 0 aliphatic heterocycles. The molecule has 0 spiro atoms. The van der Waals surface area contributed by atoms with E-state index in [0.29, 0.717) is 0 Å². The molecule has 0 aliphatic rings. The van der Waals surface area contributed by atoms with E-state index in [9.17, 15) is 0 Å². The molecule has 1 aromatic heterocycles. The zero-order chi connectivity index (χ0) is 5.98. The summed E-state index contributed by atoms with van der Waals surface area (Å²) in [4.78, 5) is 0. The van der Waals surface area contributed by atoms with Crippen molar-refractivity contribution in [2.75, 3.05) is 0 Å². The second-order valence-electron chi connectivity index (χ2n) is 1.42. The molecule has 1 rings (SSSR count).